The van der Waals surface area contributed by atoms with Gasteiger partial charge >= 0.3 is 0 Å². The summed E-state index contributed by atoms with van der Waals surface area (Å²) in [5.74, 6) is 0.0990. The molecule has 1 unspecified atom stereocenters. The monoisotopic (exact) mass is 371 g/mol. The van der Waals surface area contributed by atoms with E-state index >= 15 is 0 Å². The molecular formula is C18H34ClN5O. The molecule has 2 rings (SSSR count). The number of carbonyl (C=O) groups is 1. The second-order valence-electron chi connectivity index (χ2n) is 7.20. The van der Waals surface area contributed by atoms with Crippen molar-refractivity contribution in [2.75, 3.05) is 26.2 Å². The van der Waals surface area contributed by atoms with Gasteiger partial charge in [0.25, 0.3) is 0 Å². The Kier molecular flexibility index (Phi) is 8.89. The summed E-state index contributed by atoms with van der Waals surface area (Å²) in [6.45, 7) is 11.4. The fraction of sp³-hybridized carbons (Fsp3) is 0.778. The predicted octanol–water partition coefficient (Wildman–Crippen LogP) is 2.27. The van der Waals surface area contributed by atoms with Crippen LogP contribution < -0.4 is 5.73 Å². The van der Waals surface area contributed by atoms with E-state index < -0.39 is 5.54 Å². The van der Waals surface area contributed by atoms with Crippen molar-refractivity contribution in [2.24, 2.45) is 5.73 Å². The van der Waals surface area contributed by atoms with Crippen LogP contribution in [-0.4, -0.2) is 57.2 Å². The van der Waals surface area contributed by atoms with Gasteiger partial charge < -0.3 is 10.6 Å². The number of amides is 1. The molecule has 7 heteroatoms. The van der Waals surface area contributed by atoms with Gasteiger partial charge in [-0.25, -0.2) is 0 Å². The first-order valence-corrected chi connectivity index (χ1v) is 9.28. The molecule has 1 aromatic heterocycles. The number of carbonyl (C=O) groups excluding carboxylic acids is 1. The molecule has 2 heterocycles. The zero-order chi connectivity index (χ0) is 17.6. The average molecular weight is 372 g/mol. The van der Waals surface area contributed by atoms with E-state index in [9.17, 15) is 4.79 Å². The van der Waals surface area contributed by atoms with Crippen LogP contribution in [0.5, 0.6) is 0 Å². The summed E-state index contributed by atoms with van der Waals surface area (Å²) in [6, 6.07) is 0. The molecule has 2 N–H and O–H groups in total. The number of rotatable bonds is 7. The van der Waals surface area contributed by atoms with Gasteiger partial charge in [-0.2, -0.15) is 5.10 Å². The highest BCUT2D eigenvalue weighted by Crippen LogP contribution is 2.16. The van der Waals surface area contributed by atoms with Gasteiger partial charge in [0.05, 0.1) is 11.7 Å². The normalized spacial score (nSPS) is 18.3. The van der Waals surface area contributed by atoms with Crippen LogP contribution in [0.2, 0.25) is 0 Å². The Morgan fingerprint density at radius 3 is 2.68 bits per heavy atom. The zero-order valence-electron chi connectivity index (χ0n) is 15.9. The van der Waals surface area contributed by atoms with Crippen LogP contribution in [0.4, 0.5) is 0 Å². The lowest BCUT2D eigenvalue weighted by molar-refractivity contribution is -0.136. The van der Waals surface area contributed by atoms with Crippen LogP contribution in [0.15, 0.2) is 12.4 Å². The first-order chi connectivity index (χ1) is 11.5. The van der Waals surface area contributed by atoms with Gasteiger partial charge in [-0.05, 0) is 26.2 Å². The van der Waals surface area contributed by atoms with Gasteiger partial charge in [0.1, 0.15) is 0 Å². The largest absolute Gasteiger partial charge is 0.340 e. The molecule has 25 heavy (non-hydrogen) atoms. The van der Waals surface area contributed by atoms with Crippen molar-refractivity contribution in [1.29, 1.82) is 0 Å². The van der Waals surface area contributed by atoms with Crippen molar-refractivity contribution in [1.82, 2.24) is 19.6 Å². The molecule has 1 saturated heterocycles. The van der Waals surface area contributed by atoms with E-state index in [2.05, 4.69) is 30.0 Å². The molecule has 0 saturated carbocycles. The van der Waals surface area contributed by atoms with Gasteiger partial charge in [0.15, 0.2) is 0 Å². The molecule has 1 atom stereocenters. The molecule has 0 bridgehead atoms. The fourth-order valence-corrected chi connectivity index (χ4v) is 3.42. The summed E-state index contributed by atoms with van der Waals surface area (Å²) >= 11 is 0. The smallest absolute Gasteiger partial charge is 0.242 e. The third kappa shape index (κ3) is 6.28. The van der Waals surface area contributed by atoms with Crippen LogP contribution in [0.1, 0.15) is 52.0 Å². The lowest BCUT2D eigenvalue weighted by Gasteiger charge is -2.31. The molecule has 144 valence electrons. The number of nitrogens with zero attached hydrogens (tertiary/aromatic N) is 4. The summed E-state index contributed by atoms with van der Waals surface area (Å²) < 4.78 is 2.01. The number of hydrogen-bond acceptors (Lipinski definition) is 4. The third-order valence-corrected chi connectivity index (χ3v) is 4.68. The summed E-state index contributed by atoms with van der Waals surface area (Å²) in [6.07, 6.45) is 7.86. The van der Waals surface area contributed by atoms with Crippen LogP contribution in [0, 0.1) is 0 Å². The van der Waals surface area contributed by atoms with E-state index in [1.54, 1.807) is 0 Å². The van der Waals surface area contributed by atoms with Crippen molar-refractivity contribution in [3.8, 4) is 0 Å². The van der Waals surface area contributed by atoms with Crippen LogP contribution in [0.3, 0.4) is 0 Å². The molecule has 1 amide bonds. The standard InChI is InChI=1S/C18H33N5O.ClH/c1-4-7-18(3,19)17(24)22-10-6-9-21(11-12-22)14-16-13-20-23(15-16)8-5-2;/h13,15H,4-12,14,19H2,1-3H3;1H. The van der Waals surface area contributed by atoms with Crippen LogP contribution in [0.25, 0.3) is 0 Å². The maximum atomic E-state index is 12.7. The van der Waals surface area contributed by atoms with Crippen LogP contribution >= 0.6 is 12.4 Å². The highest BCUT2D eigenvalue weighted by molar-refractivity contribution is 5.86. The quantitative estimate of drug-likeness (QED) is 0.798. The van der Waals surface area contributed by atoms with Gasteiger partial charge in [0.2, 0.25) is 5.91 Å². The van der Waals surface area contributed by atoms with E-state index in [0.717, 1.165) is 65.0 Å². The molecule has 1 aliphatic rings. The topological polar surface area (TPSA) is 67.4 Å². The number of aryl methyl sites for hydroxylation is 1. The SMILES string of the molecule is CCCn1cc(CN2CCCN(C(=O)C(C)(N)CCC)CC2)cn1.Cl. The van der Waals surface area contributed by atoms with Crippen molar-refractivity contribution in [3.05, 3.63) is 18.0 Å². The third-order valence-electron chi connectivity index (χ3n) is 4.68. The maximum absolute atomic E-state index is 12.7. The Morgan fingerprint density at radius 2 is 2.00 bits per heavy atom. The second-order valence-corrected chi connectivity index (χ2v) is 7.20. The van der Waals surface area contributed by atoms with E-state index in [1.165, 1.54) is 5.56 Å². The summed E-state index contributed by atoms with van der Waals surface area (Å²) in [7, 11) is 0. The van der Waals surface area contributed by atoms with Crippen molar-refractivity contribution in [3.63, 3.8) is 0 Å². The molecule has 1 aromatic rings. The average Bonchev–Trinajstić information content (AvgIpc) is 2.83. The Morgan fingerprint density at radius 1 is 1.24 bits per heavy atom. The minimum Gasteiger partial charge on any atom is -0.340 e. The predicted molar refractivity (Wildman–Crippen MR) is 104 cm³/mol. The number of hydrogen-bond donors (Lipinski definition) is 1. The number of aromatic nitrogens is 2. The Balaban J connectivity index is 0.00000312. The molecule has 1 fully saturated rings. The van der Waals surface area contributed by atoms with E-state index in [0.29, 0.717) is 0 Å². The lowest BCUT2D eigenvalue weighted by atomic mass is 9.95. The van der Waals surface area contributed by atoms with Crippen molar-refractivity contribution in [2.45, 2.75) is 65.1 Å². The Bertz CT molecular complexity index is 531. The molecule has 0 aromatic carbocycles. The first kappa shape index (κ1) is 21.9. The number of halogens is 1. The highest BCUT2D eigenvalue weighted by Gasteiger charge is 2.32. The molecular weight excluding hydrogens is 338 g/mol. The summed E-state index contributed by atoms with van der Waals surface area (Å²) in [5, 5.41) is 4.40. The van der Waals surface area contributed by atoms with Crippen LogP contribution in [-0.2, 0) is 17.9 Å². The van der Waals surface area contributed by atoms with E-state index in [-0.39, 0.29) is 18.3 Å². The van der Waals surface area contributed by atoms with E-state index in [1.807, 2.05) is 22.7 Å². The Hall–Kier alpha value is -1.11. The van der Waals surface area contributed by atoms with Gasteiger partial charge in [-0.15, -0.1) is 12.4 Å². The van der Waals surface area contributed by atoms with Crippen molar-refractivity contribution >= 4 is 18.3 Å². The van der Waals surface area contributed by atoms with Crippen molar-refractivity contribution < 1.29 is 4.79 Å². The maximum Gasteiger partial charge on any atom is 0.242 e. The molecule has 6 nitrogen and oxygen atoms in total. The fourth-order valence-electron chi connectivity index (χ4n) is 3.42. The highest BCUT2D eigenvalue weighted by atomic mass is 35.5. The second kappa shape index (κ2) is 10.1. The molecule has 0 spiro atoms. The van der Waals surface area contributed by atoms with Gasteiger partial charge in [0, 0.05) is 51.0 Å². The Labute approximate surface area is 158 Å². The van der Waals surface area contributed by atoms with E-state index in [4.69, 9.17) is 5.73 Å². The minimum absolute atomic E-state index is 0. The summed E-state index contributed by atoms with van der Waals surface area (Å²) in [5.41, 5.74) is 6.74. The summed E-state index contributed by atoms with van der Waals surface area (Å²) in [4.78, 5) is 17.0. The number of nitrogens with two attached hydrogens (primary N) is 1. The molecule has 1 aliphatic heterocycles. The molecule has 0 aliphatic carbocycles. The zero-order valence-corrected chi connectivity index (χ0v) is 16.7. The lowest BCUT2D eigenvalue weighted by Crippen LogP contribution is -2.53. The van der Waals surface area contributed by atoms with Gasteiger partial charge in [-0.1, -0.05) is 20.3 Å². The van der Waals surface area contributed by atoms with Gasteiger partial charge in [-0.3, -0.25) is 14.4 Å². The first-order valence-electron chi connectivity index (χ1n) is 9.28. The minimum atomic E-state index is -0.731. The molecule has 0 radical (unpaired) electrons.